The maximum absolute atomic E-state index is 8.87. The van der Waals surface area contributed by atoms with Crippen molar-refractivity contribution in [2.75, 3.05) is 11.9 Å². The number of rotatable bonds is 3. The summed E-state index contributed by atoms with van der Waals surface area (Å²) in [6.07, 6.45) is 3.53. The van der Waals surface area contributed by atoms with Crippen molar-refractivity contribution in [2.45, 2.75) is 19.8 Å². The van der Waals surface area contributed by atoms with Gasteiger partial charge in [-0.2, -0.15) is 5.26 Å². The first-order chi connectivity index (χ1) is 6.74. The normalized spacial score (nSPS) is 17.1. The first-order valence-corrected chi connectivity index (χ1v) is 4.68. The van der Waals surface area contributed by atoms with Gasteiger partial charge in [-0.15, -0.1) is 0 Å². The zero-order valence-corrected chi connectivity index (χ0v) is 8.12. The van der Waals surface area contributed by atoms with Gasteiger partial charge in [0.15, 0.2) is 0 Å². The molecular formula is C10H12N4. The molecule has 1 aliphatic rings. The van der Waals surface area contributed by atoms with Crippen molar-refractivity contribution in [3.05, 3.63) is 18.1 Å². The van der Waals surface area contributed by atoms with Gasteiger partial charge in [0, 0.05) is 18.3 Å². The molecule has 4 nitrogen and oxygen atoms in total. The minimum atomic E-state index is -0.126. The largest absolute Gasteiger partial charge is 0.368 e. The van der Waals surface area contributed by atoms with Crippen LogP contribution in [-0.2, 0) is 0 Å². The van der Waals surface area contributed by atoms with Crippen LogP contribution in [0.4, 0.5) is 5.82 Å². The van der Waals surface area contributed by atoms with Crippen LogP contribution in [-0.4, -0.2) is 16.5 Å². The van der Waals surface area contributed by atoms with E-state index in [0.29, 0.717) is 6.54 Å². The Labute approximate surface area is 83.0 Å². The minimum Gasteiger partial charge on any atom is -0.368 e. The van der Waals surface area contributed by atoms with Crippen LogP contribution in [0.25, 0.3) is 0 Å². The smallest absolute Gasteiger partial charge is 0.129 e. The molecular weight excluding hydrogens is 176 g/mol. The second-order valence-electron chi connectivity index (χ2n) is 3.79. The zero-order chi connectivity index (χ0) is 10.0. The molecule has 1 fully saturated rings. The van der Waals surface area contributed by atoms with E-state index in [2.05, 4.69) is 21.4 Å². The molecule has 0 saturated heterocycles. The van der Waals surface area contributed by atoms with E-state index >= 15 is 0 Å². The average Bonchev–Trinajstić information content (AvgIpc) is 2.96. The third-order valence-corrected chi connectivity index (χ3v) is 2.50. The second kappa shape index (κ2) is 3.26. The first-order valence-electron chi connectivity index (χ1n) is 4.68. The van der Waals surface area contributed by atoms with Crippen LogP contribution in [0, 0.1) is 23.7 Å². The molecule has 1 N–H and O–H groups in total. The molecule has 2 rings (SSSR count). The molecule has 0 unspecified atom stereocenters. The topological polar surface area (TPSA) is 61.6 Å². The van der Waals surface area contributed by atoms with Crippen molar-refractivity contribution in [1.82, 2.24) is 9.97 Å². The van der Waals surface area contributed by atoms with E-state index < -0.39 is 0 Å². The lowest BCUT2D eigenvalue weighted by molar-refractivity contribution is 0.708. The van der Waals surface area contributed by atoms with Gasteiger partial charge in [0.1, 0.15) is 12.1 Å². The fourth-order valence-corrected chi connectivity index (χ4v) is 1.29. The quantitative estimate of drug-likeness (QED) is 0.780. The summed E-state index contributed by atoms with van der Waals surface area (Å²) < 4.78 is 0. The Morgan fingerprint density at radius 3 is 2.93 bits per heavy atom. The van der Waals surface area contributed by atoms with E-state index in [1.54, 1.807) is 0 Å². The molecule has 1 saturated carbocycles. The van der Waals surface area contributed by atoms with Gasteiger partial charge < -0.3 is 5.32 Å². The highest BCUT2D eigenvalue weighted by Crippen LogP contribution is 2.44. The fourth-order valence-electron chi connectivity index (χ4n) is 1.29. The van der Waals surface area contributed by atoms with Gasteiger partial charge in [-0.1, -0.05) is 0 Å². The van der Waals surface area contributed by atoms with E-state index in [1.165, 1.54) is 6.33 Å². The molecule has 0 radical (unpaired) electrons. The Balaban J connectivity index is 1.96. The first kappa shape index (κ1) is 8.95. The molecule has 0 amide bonds. The van der Waals surface area contributed by atoms with Gasteiger partial charge in [0.25, 0.3) is 0 Å². The molecule has 1 aliphatic carbocycles. The van der Waals surface area contributed by atoms with Crippen LogP contribution < -0.4 is 5.32 Å². The summed E-state index contributed by atoms with van der Waals surface area (Å²) >= 11 is 0. The summed E-state index contributed by atoms with van der Waals surface area (Å²) in [6.45, 7) is 2.62. The van der Waals surface area contributed by atoms with Gasteiger partial charge in [-0.05, 0) is 19.8 Å². The lowest BCUT2D eigenvalue weighted by atomic mass is 10.1. The summed E-state index contributed by atoms with van der Waals surface area (Å²) in [4.78, 5) is 8.08. The van der Waals surface area contributed by atoms with E-state index in [4.69, 9.17) is 5.26 Å². The average molecular weight is 188 g/mol. The van der Waals surface area contributed by atoms with Crippen LogP contribution in [0.15, 0.2) is 12.4 Å². The van der Waals surface area contributed by atoms with E-state index in [1.807, 2.05) is 13.0 Å². The van der Waals surface area contributed by atoms with E-state index in [0.717, 1.165) is 24.4 Å². The van der Waals surface area contributed by atoms with Crippen LogP contribution in [0.3, 0.4) is 0 Å². The molecule has 0 bridgehead atoms. The fraction of sp³-hybridized carbons (Fsp3) is 0.500. The Hall–Kier alpha value is -1.63. The Morgan fingerprint density at radius 1 is 1.57 bits per heavy atom. The van der Waals surface area contributed by atoms with Gasteiger partial charge in [-0.25, -0.2) is 9.97 Å². The van der Waals surface area contributed by atoms with Crippen LogP contribution in [0.1, 0.15) is 18.5 Å². The monoisotopic (exact) mass is 188 g/mol. The standard InChI is InChI=1S/C10H12N4/c1-8-4-9(14-7-13-8)12-6-10(5-11)2-3-10/h4,7H,2-3,6H2,1H3,(H,12,13,14). The highest BCUT2D eigenvalue weighted by Gasteiger charge is 2.42. The third kappa shape index (κ3) is 1.82. The van der Waals surface area contributed by atoms with Crippen molar-refractivity contribution >= 4 is 5.82 Å². The van der Waals surface area contributed by atoms with Gasteiger partial charge in [0.05, 0.1) is 11.5 Å². The number of nitrogens with zero attached hydrogens (tertiary/aromatic N) is 3. The summed E-state index contributed by atoms with van der Waals surface area (Å²) in [6, 6.07) is 4.21. The Bertz CT molecular complexity index is 376. The van der Waals surface area contributed by atoms with Crippen molar-refractivity contribution in [3.63, 3.8) is 0 Å². The van der Waals surface area contributed by atoms with Crippen LogP contribution in [0.2, 0.25) is 0 Å². The zero-order valence-electron chi connectivity index (χ0n) is 8.12. The van der Waals surface area contributed by atoms with Crippen molar-refractivity contribution in [3.8, 4) is 6.07 Å². The lowest BCUT2D eigenvalue weighted by Gasteiger charge is -2.08. The van der Waals surface area contributed by atoms with Crippen molar-refractivity contribution in [2.24, 2.45) is 5.41 Å². The number of aromatic nitrogens is 2. The molecule has 1 aromatic heterocycles. The molecule has 1 aromatic rings. The number of aryl methyl sites for hydroxylation is 1. The summed E-state index contributed by atoms with van der Waals surface area (Å²) in [7, 11) is 0. The van der Waals surface area contributed by atoms with Crippen LogP contribution in [0.5, 0.6) is 0 Å². The molecule has 4 heteroatoms. The van der Waals surface area contributed by atoms with Crippen LogP contribution >= 0.6 is 0 Å². The predicted octanol–water partition coefficient (Wildman–Crippen LogP) is 1.50. The number of nitrogens with one attached hydrogen (secondary N) is 1. The highest BCUT2D eigenvalue weighted by atomic mass is 15.0. The lowest BCUT2D eigenvalue weighted by Crippen LogP contribution is -2.14. The summed E-state index contributed by atoms with van der Waals surface area (Å²) in [5, 5.41) is 12.0. The SMILES string of the molecule is Cc1cc(NCC2(C#N)CC2)ncn1. The molecule has 0 atom stereocenters. The molecule has 72 valence electrons. The number of anilines is 1. The van der Waals surface area contributed by atoms with Gasteiger partial charge in [-0.3, -0.25) is 0 Å². The summed E-state index contributed by atoms with van der Waals surface area (Å²) in [5.74, 6) is 0.805. The van der Waals surface area contributed by atoms with Crippen molar-refractivity contribution in [1.29, 1.82) is 5.26 Å². The van der Waals surface area contributed by atoms with Gasteiger partial charge >= 0.3 is 0 Å². The summed E-state index contributed by atoms with van der Waals surface area (Å²) in [5.41, 5.74) is 0.808. The van der Waals surface area contributed by atoms with Gasteiger partial charge in [0.2, 0.25) is 0 Å². The number of hydrogen-bond acceptors (Lipinski definition) is 4. The second-order valence-corrected chi connectivity index (χ2v) is 3.79. The molecule has 14 heavy (non-hydrogen) atoms. The Morgan fingerprint density at radius 2 is 2.36 bits per heavy atom. The number of hydrogen-bond donors (Lipinski definition) is 1. The molecule has 0 aliphatic heterocycles. The molecule has 1 heterocycles. The maximum Gasteiger partial charge on any atom is 0.129 e. The van der Waals surface area contributed by atoms with E-state index in [9.17, 15) is 0 Å². The molecule has 0 spiro atoms. The maximum atomic E-state index is 8.87. The minimum absolute atomic E-state index is 0.126. The third-order valence-electron chi connectivity index (χ3n) is 2.50. The predicted molar refractivity (Wildman–Crippen MR) is 52.5 cm³/mol. The molecule has 0 aromatic carbocycles. The van der Waals surface area contributed by atoms with Crippen molar-refractivity contribution < 1.29 is 0 Å². The van der Waals surface area contributed by atoms with E-state index in [-0.39, 0.29) is 5.41 Å². The number of nitriles is 1. The highest BCUT2D eigenvalue weighted by molar-refractivity contribution is 5.36. The Kier molecular flexibility index (Phi) is 2.08.